The van der Waals surface area contributed by atoms with Gasteiger partial charge < -0.3 is 9.13 Å². The standard InChI is InChI=1S/C75H44N6S2/c1-5-17-45(18-6-1)73-76-74(46-19-7-2-8-20-46)78-75(77-73)81-65-36-30-48(40-58(65)60-44-66-59(43-67(60)81)53-25-13-15-27-63(53)79(66)51-21-9-3-10-22-51)50-32-38-70-62(42-50)61-41-49(31-37-69(61)82-70)47-29-35-64-57(39-47)55-33-34-56-54-26-14-16-28-68(54)83-72(56)71(55)80(64)52-23-11-4-12-24-52/h1-44H. The first-order valence-corrected chi connectivity index (χ1v) is 29.6. The smallest absolute Gasteiger partial charge is 0.238 e. The van der Waals surface area contributed by atoms with Crippen LogP contribution in [0.25, 0.3) is 168 Å². The van der Waals surface area contributed by atoms with Crippen molar-refractivity contribution >= 4 is 128 Å². The number of para-hydroxylation sites is 3. The van der Waals surface area contributed by atoms with Gasteiger partial charge in [0, 0.05) is 90.5 Å². The van der Waals surface area contributed by atoms with Crippen LogP contribution in [0, 0.1) is 0 Å². The van der Waals surface area contributed by atoms with Gasteiger partial charge >= 0.3 is 0 Å². The number of hydrogen-bond acceptors (Lipinski definition) is 5. The summed E-state index contributed by atoms with van der Waals surface area (Å²) < 4.78 is 12.3. The SMILES string of the molecule is c1ccc(-c2nc(-c3ccccc3)nc(-n3c4ccc(-c5ccc6sc7ccc(-c8ccc9c(c8)c8ccc%10c%11ccccc%11sc%10c8n9-c8ccccc8)cc7c6c5)cc4c4cc5c(cc43)c3ccccc3n5-c3ccccc3)n2)cc1. The lowest BCUT2D eigenvalue weighted by Gasteiger charge is -2.11. The van der Waals surface area contributed by atoms with Crippen LogP contribution in [0.2, 0.25) is 0 Å². The topological polar surface area (TPSA) is 53.5 Å². The van der Waals surface area contributed by atoms with Gasteiger partial charge in [-0.15, -0.1) is 22.7 Å². The number of benzene rings is 12. The summed E-state index contributed by atoms with van der Waals surface area (Å²) >= 11 is 3.75. The first kappa shape index (κ1) is 46.3. The Labute approximate surface area is 483 Å². The van der Waals surface area contributed by atoms with Crippen LogP contribution in [0.3, 0.4) is 0 Å². The van der Waals surface area contributed by atoms with Gasteiger partial charge in [0.15, 0.2) is 11.6 Å². The van der Waals surface area contributed by atoms with Crippen LogP contribution in [-0.4, -0.2) is 28.7 Å². The maximum Gasteiger partial charge on any atom is 0.238 e. The van der Waals surface area contributed by atoms with Crippen LogP contribution in [0.5, 0.6) is 0 Å². The van der Waals surface area contributed by atoms with E-state index in [4.69, 9.17) is 15.0 Å². The Hall–Kier alpha value is -10.5. The van der Waals surface area contributed by atoms with E-state index in [-0.39, 0.29) is 0 Å². The molecule has 0 atom stereocenters. The summed E-state index contributed by atoms with van der Waals surface area (Å²) in [6.07, 6.45) is 0. The van der Waals surface area contributed by atoms with Crippen LogP contribution < -0.4 is 0 Å². The Morgan fingerprint density at radius 2 is 0.675 bits per heavy atom. The summed E-state index contributed by atoms with van der Waals surface area (Å²) in [7, 11) is 0. The maximum absolute atomic E-state index is 5.33. The van der Waals surface area contributed by atoms with E-state index in [1.165, 1.54) is 84.4 Å². The van der Waals surface area contributed by atoms with Gasteiger partial charge in [0.25, 0.3) is 0 Å². The Morgan fingerprint density at radius 1 is 0.241 bits per heavy atom. The summed E-state index contributed by atoms with van der Waals surface area (Å²) in [5, 5.41) is 12.2. The van der Waals surface area contributed by atoms with Crippen molar-refractivity contribution in [1.82, 2.24) is 28.7 Å². The summed E-state index contributed by atoms with van der Waals surface area (Å²) in [5.74, 6) is 1.80. The normalized spacial score (nSPS) is 12.1. The lowest BCUT2D eigenvalue weighted by molar-refractivity contribution is 0.954. The highest BCUT2D eigenvalue weighted by atomic mass is 32.1. The molecule has 0 saturated carbocycles. The van der Waals surface area contributed by atoms with Crippen molar-refractivity contribution in [1.29, 1.82) is 0 Å². The van der Waals surface area contributed by atoms with Crippen molar-refractivity contribution in [2.24, 2.45) is 0 Å². The molecule has 6 heterocycles. The lowest BCUT2D eigenvalue weighted by Crippen LogP contribution is -2.06. The molecule has 18 aromatic rings. The molecule has 6 nitrogen and oxygen atoms in total. The minimum absolute atomic E-state index is 0.563. The third-order valence-corrected chi connectivity index (χ3v) is 19.2. The predicted molar refractivity (Wildman–Crippen MR) is 350 cm³/mol. The van der Waals surface area contributed by atoms with E-state index in [9.17, 15) is 0 Å². The van der Waals surface area contributed by atoms with Crippen molar-refractivity contribution in [2.75, 3.05) is 0 Å². The van der Waals surface area contributed by atoms with E-state index >= 15 is 0 Å². The van der Waals surface area contributed by atoms with Crippen molar-refractivity contribution in [3.63, 3.8) is 0 Å². The van der Waals surface area contributed by atoms with Gasteiger partial charge in [-0.2, -0.15) is 9.97 Å². The average Bonchev–Trinajstić information content (AvgIpc) is 3.36. The van der Waals surface area contributed by atoms with Crippen molar-refractivity contribution in [2.45, 2.75) is 0 Å². The highest BCUT2D eigenvalue weighted by Crippen LogP contribution is 2.46. The van der Waals surface area contributed by atoms with Crippen molar-refractivity contribution in [3.05, 3.63) is 267 Å². The maximum atomic E-state index is 5.33. The van der Waals surface area contributed by atoms with Crippen molar-refractivity contribution < 1.29 is 0 Å². The number of hydrogen-bond donors (Lipinski definition) is 0. The number of nitrogens with zero attached hydrogens (tertiary/aromatic N) is 6. The van der Waals surface area contributed by atoms with Gasteiger partial charge in [0.2, 0.25) is 5.95 Å². The molecule has 0 radical (unpaired) electrons. The van der Waals surface area contributed by atoms with Gasteiger partial charge in [-0.1, -0.05) is 170 Å². The Kier molecular flexibility index (Phi) is 10.0. The molecule has 18 rings (SSSR count). The Balaban J connectivity index is 0.822. The summed E-state index contributed by atoms with van der Waals surface area (Å²) in [6.45, 7) is 0. The summed E-state index contributed by atoms with van der Waals surface area (Å²) in [4.78, 5) is 15.8. The molecule has 0 unspecified atom stereocenters. The quantitative estimate of drug-likeness (QED) is 0.160. The van der Waals surface area contributed by atoms with Gasteiger partial charge in [0.05, 0.1) is 37.8 Å². The fourth-order valence-electron chi connectivity index (χ4n) is 13.1. The second kappa shape index (κ2) is 18.0. The minimum atomic E-state index is 0.563. The minimum Gasteiger partial charge on any atom is -0.309 e. The first-order valence-electron chi connectivity index (χ1n) is 28.0. The summed E-state index contributed by atoms with van der Waals surface area (Å²) in [5.41, 5.74) is 15.6. The summed E-state index contributed by atoms with van der Waals surface area (Å²) in [6, 6.07) is 96.9. The molecule has 0 spiro atoms. The third-order valence-electron chi connectivity index (χ3n) is 16.9. The first-order chi connectivity index (χ1) is 41.1. The Morgan fingerprint density at radius 3 is 1.30 bits per heavy atom. The fourth-order valence-corrected chi connectivity index (χ4v) is 15.4. The fraction of sp³-hybridized carbons (Fsp3) is 0. The largest absolute Gasteiger partial charge is 0.309 e. The van der Waals surface area contributed by atoms with Crippen molar-refractivity contribution in [3.8, 4) is 62.4 Å². The molecule has 8 heteroatoms. The van der Waals surface area contributed by atoms with Crippen LogP contribution in [0.1, 0.15) is 0 Å². The second-order valence-corrected chi connectivity index (χ2v) is 23.7. The monoisotopic (exact) mass is 1090 g/mol. The molecule has 83 heavy (non-hydrogen) atoms. The number of aromatic nitrogens is 6. The average molecular weight is 1090 g/mol. The second-order valence-electron chi connectivity index (χ2n) is 21.5. The van der Waals surface area contributed by atoms with E-state index in [1.54, 1.807) is 0 Å². The van der Waals surface area contributed by atoms with E-state index < -0.39 is 0 Å². The third kappa shape index (κ3) is 7.10. The molecule has 12 aromatic carbocycles. The molecule has 0 saturated heterocycles. The molecular formula is C75H44N6S2. The van der Waals surface area contributed by atoms with Gasteiger partial charge in [0.1, 0.15) is 0 Å². The van der Waals surface area contributed by atoms with Crippen LogP contribution in [-0.2, 0) is 0 Å². The highest BCUT2D eigenvalue weighted by molar-refractivity contribution is 7.26. The zero-order chi connectivity index (χ0) is 54.3. The number of rotatable bonds is 7. The van der Waals surface area contributed by atoms with Gasteiger partial charge in [-0.3, -0.25) is 4.57 Å². The van der Waals surface area contributed by atoms with Crippen LogP contribution in [0.4, 0.5) is 0 Å². The molecule has 0 N–H and O–H groups in total. The highest BCUT2D eigenvalue weighted by Gasteiger charge is 2.24. The molecule has 0 fully saturated rings. The number of fused-ring (bicyclic) bond motifs is 16. The van der Waals surface area contributed by atoms with Crippen LogP contribution in [0.15, 0.2) is 267 Å². The van der Waals surface area contributed by atoms with Crippen LogP contribution >= 0.6 is 22.7 Å². The molecule has 386 valence electrons. The lowest BCUT2D eigenvalue weighted by atomic mass is 9.98. The van der Waals surface area contributed by atoms with E-state index in [0.717, 1.165) is 66.2 Å². The van der Waals surface area contributed by atoms with E-state index in [1.807, 2.05) is 59.1 Å². The molecule has 0 aliphatic heterocycles. The molecule has 6 aromatic heterocycles. The van der Waals surface area contributed by atoms with Gasteiger partial charge in [-0.25, -0.2) is 4.98 Å². The molecule has 0 amide bonds. The van der Waals surface area contributed by atoms with Gasteiger partial charge in [-0.05, 0) is 119 Å². The molecular weight excluding hydrogens is 1050 g/mol. The molecule has 0 bridgehead atoms. The Bertz CT molecular complexity index is 5620. The molecule has 0 aliphatic rings. The molecule has 0 aliphatic carbocycles. The van der Waals surface area contributed by atoms with E-state index in [2.05, 4.69) is 244 Å². The van der Waals surface area contributed by atoms with E-state index in [0.29, 0.717) is 17.6 Å². The predicted octanol–water partition coefficient (Wildman–Crippen LogP) is 20.6. The number of thiophene rings is 2. The zero-order valence-electron chi connectivity index (χ0n) is 44.4. The zero-order valence-corrected chi connectivity index (χ0v) is 46.0.